The van der Waals surface area contributed by atoms with Gasteiger partial charge in [0.1, 0.15) is 5.60 Å². The molecule has 0 bridgehead atoms. The maximum absolute atomic E-state index is 11.8. The largest absolute Gasteiger partial charge is 0.481 e. The highest BCUT2D eigenvalue weighted by atomic mass is 16.6. The van der Waals surface area contributed by atoms with Gasteiger partial charge in [0.05, 0.1) is 12.0 Å². The third-order valence-electron chi connectivity index (χ3n) is 1.98. The molecule has 0 spiro atoms. The van der Waals surface area contributed by atoms with Crippen molar-refractivity contribution in [2.75, 3.05) is 0 Å². The van der Waals surface area contributed by atoms with Gasteiger partial charge in [-0.15, -0.1) is 0 Å². The highest BCUT2D eigenvalue weighted by molar-refractivity contribution is 5.92. The second-order valence-electron chi connectivity index (χ2n) is 4.73. The molecule has 1 N–H and O–H groups in total. The summed E-state index contributed by atoms with van der Waals surface area (Å²) in [5, 5.41) is 8.75. The smallest absolute Gasteiger partial charge is 0.338 e. The number of rotatable bonds is 3. The van der Waals surface area contributed by atoms with Crippen LogP contribution in [0.3, 0.4) is 0 Å². The molecule has 0 aromatic heterocycles. The van der Waals surface area contributed by atoms with E-state index in [0.29, 0.717) is 11.1 Å². The highest BCUT2D eigenvalue weighted by Crippen LogP contribution is 2.16. The summed E-state index contributed by atoms with van der Waals surface area (Å²) in [6.45, 7) is 5.31. The van der Waals surface area contributed by atoms with Crippen molar-refractivity contribution in [3.63, 3.8) is 0 Å². The van der Waals surface area contributed by atoms with Crippen LogP contribution in [0.1, 0.15) is 36.7 Å². The molecule has 4 nitrogen and oxygen atoms in total. The summed E-state index contributed by atoms with van der Waals surface area (Å²) in [6, 6.07) is 6.58. The molecule has 0 atom stereocenters. The zero-order chi connectivity index (χ0) is 13.1. The first-order valence-corrected chi connectivity index (χ1v) is 5.32. The predicted octanol–water partition coefficient (Wildman–Crippen LogP) is 2.27. The molecule has 1 rings (SSSR count). The lowest BCUT2D eigenvalue weighted by Crippen LogP contribution is -2.24. The summed E-state index contributed by atoms with van der Waals surface area (Å²) in [6.07, 6.45) is -0.185. The van der Waals surface area contributed by atoms with Gasteiger partial charge < -0.3 is 9.84 Å². The third-order valence-corrected chi connectivity index (χ3v) is 1.98. The van der Waals surface area contributed by atoms with Crippen molar-refractivity contribution < 1.29 is 19.4 Å². The van der Waals surface area contributed by atoms with Crippen molar-refractivity contribution in [1.29, 1.82) is 0 Å². The molecule has 0 unspecified atom stereocenters. The summed E-state index contributed by atoms with van der Waals surface area (Å²) < 4.78 is 5.21. The van der Waals surface area contributed by atoms with Crippen LogP contribution in [0.15, 0.2) is 24.3 Å². The molecule has 0 aliphatic rings. The van der Waals surface area contributed by atoms with E-state index in [2.05, 4.69) is 0 Å². The third kappa shape index (κ3) is 4.26. The molecule has 0 amide bonds. The first-order valence-electron chi connectivity index (χ1n) is 5.32. The normalized spacial score (nSPS) is 11.0. The zero-order valence-electron chi connectivity index (χ0n) is 10.2. The van der Waals surface area contributed by atoms with Crippen molar-refractivity contribution in [1.82, 2.24) is 0 Å². The molecule has 1 aromatic carbocycles. The van der Waals surface area contributed by atoms with Crippen LogP contribution < -0.4 is 0 Å². The van der Waals surface area contributed by atoms with E-state index in [1.165, 1.54) is 0 Å². The number of hydrogen-bond donors (Lipinski definition) is 1. The maximum atomic E-state index is 11.8. The Balaban J connectivity index is 2.97. The van der Waals surface area contributed by atoms with E-state index >= 15 is 0 Å². The fraction of sp³-hybridized carbons (Fsp3) is 0.385. The molecule has 0 fully saturated rings. The number of hydrogen-bond acceptors (Lipinski definition) is 3. The van der Waals surface area contributed by atoms with Gasteiger partial charge >= 0.3 is 11.9 Å². The van der Waals surface area contributed by atoms with Gasteiger partial charge in [0.15, 0.2) is 0 Å². The van der Waals surface area contributed by atoms with Gasteiger partial charge in [0, 0.05) is 0 Å². The van der Waals surface area contributed by atoms with Crippen LogP contribution >= 0.6 is 0 Å². The van der Waals surface area contributed by atoms with Gasteiger partial charge in [-0.05, 0) is 32.4 Å². The molecule has 1 aromatic rings. The summed E-state index contributed by atoms with van der Waals surface area (Å²) in [5.74, 6) is -1.46. The number of carboxylic acid groups (broad SMARTS) is 1. The first-order chi connectivity index (χ1) is 7.79. The summed E-state index contributed by atoms with van der Waals surface area (Å²) in [5.41, 5.74) is 0.187. The van der Waals surface area contributed by atoms with Crippen LogP contribution in [0.25, 0.3) is 0 Å². The van der Waals surface area contributed by atoms with Crippen LogP contribution in [-0.2, 0) is 16.0 Å². The van der Waals surface area contributed by atoms with Crippen LogP contribution in [0.4, 0.5) is 0 Å². The van der Waals surface area contributed by atoms with Gasteiger partial charge in [-0.3, -0.25) is 4.79 Å². The van der Waals surface area contributed by atoms with Gasteiger partial charge in [-0.2, -0.15) is 0 Å². The zero-order valence-corrected chi connectivity index (χ0v) is 10.2. The number of benzene rings is 1. The van der Waals surface area contributed by atoms with Gasteiger partial charge in [0.2, 0.25) is 0 Å². The van der Waals surface area contributed by atoms with E-state index in [1.54, 1.807) is 45.0 Å². The quantitative estimate of drug-likeness (QED) is 0.818. The minimum Gasteiger partial charge on any atom is -0.481 e. The summed E-state index contributed by atoms with van der Waals surface area (Å²) >= 11 is 0. The molecule has 0 saturated heterocycles. The van der Waals surface area contributed by atoms with Crippen LogP contribution in [0.2, 0.25) is 0 Å². The second-order valence-corrected chi connectivity index (χ2v) is 4.73. The fourth-order valence-corrected chi connectivity index (χ4v) is 1.37. The average molecular weight is 236 g/mol. The molecule has 17 heavy (non-hydrogen) atoms. The highest BCUT2D eigenvalue weighted by Gasteiger charge is 2.20. The van der Waals surface area contributed by atoms with Gasteiger partial charge in [-0.25, -0.2) is 4.79 Å². The lowest BCUT2D eigenvalue weighted by molar-refractivity contribution is -0.136. The lowest BCUT2D eigenvalue weighted by Gasteiger charge is -2.20. The van der Waals surface area contributed by atoms with E-state index in [1.807, 2.05) is 0 Å². The van der Waals surface area contributed by atoms with Crippen molar-refractivity contribution >= 4 is 11.9 Å². The second kappa shape index (κ2) is 4.99. The van der Waals surface area contributed by atoms with Crippen LogP contribution in [0.5, 0.6) is 0 Å². The van der Waals surface area contributed by atoms with Gasteiger partial charge in [0.25, 0.3) is 0 Å². The van der Waals surface area contributed by atoms with E-state index in [4.69, 9.17) is 9.84 Å². The molecular weight excluding hydrogens is 220 g/mol. The fourth-order valence-electron chi connectivity index (χ4n) is 1.37. The van der Waals surface area contributed by atoms with E-state index in [9.17, 15) is 9.59 Å². The molecule has 4 heteroatoms. The number of esters is 1. The van der Waals surface area contributed by atoms with Gasteiger partial charge in [-0.1, -0.05) is 18.2 Å². The Hall–Kier alpha value is -1.84. The number of ether oxygens (including phenoxy) is 1. The number of carboxylic acids is 1. The number of carbonyl (C=O) groups excluding carboxylic acids is 1. The Kier molecular flexibility index (Phi) is 3.89. The molecule has 0 aliphatic heterocycles. The maximum Gasteiger partial charge on any atom is 0.338 e. The predicted molar refractivity (Wildman–Crippen MR) is 63.0 cm³/mol. The van der Waals surface area contributed by atoms with E-state index in [-0.39, 0.29) is 6.42 Å². The summed E-state index contributed by atoms with van der Waals surface area (Å²) in [7, 11) is 0. The molecule has 0 saturated carbocycles. The Morgan fingerprint density at radius 1 is 1.24 bits per heavy atom. The average Bonchev–Trinajstić information content (AvgIpc) is 2.14. The van der Waals surface area contributed by atoms with E-state index < -0.39 is 17.5 Å². The van der Waals surface area contributed by atoms with Crippen molar-refractivity contribution in [2.24, 2.45) is 0 Å². The Bertz CT molecular complexity index is 429. The molecule has 0 radical (unpaired) electrons. The SMILES string of the molecule is CC(C)(C)OC(=O)c1ccccc1CC(=O)O. The molecule has 0 aliphatic carbocycles. The van der Waals surface area contributed by atoms with Crippen LogP contribution in [-0.4, -0.2) is 22.6 Å². The lowest BCUT2D eigenvalue weighted by atomic mass is 10.0. The minimum atomic E-state index is -0.971. The topological polar surface area (TPSA) is 63.6 Å². The van der Waals surface area contributed by atoms with Crippen molar-refractivity contribution in [3.05, 3.63) is 35.4 Å². The number of carbonyl (C=O) groups is 2. The molecule has 0 heterocycles. The molecule has 92 valence electrons. The standard InChI is InChI=1S/C13H16O4/c1-13(2,3)17-12(16)10-7-5-4-6-9(10)8-11(14)15/h4-7H,8H2,1-3H3,(H,14,15). The van der Waals surface area contributed by atoms with Crippen molar-refractivity contribution in [2.45, 2.75) is 32.8 Å². The van der Waals surface area contributed by atoms with Crippen LogP contribution in [0, 0.1) is 0 Å². The number of aliphatic carboxylic acids is 1. The first kappa shape index (κ1) is 13.2. The Labute approximate surface area is 100 Å². The van der Waals surface area contributed by atoms with E-state index in [0.717, 1.165) is 0 Å². The molecular formula is C13H16O4. The Morgan fingerprint density at radius 3 is 2.35 bits per heavy atom. The summed E-state index contributed by atoms with van der Waals surface area (Å²) in [4.78, 5) is 22.5. The van der Waals surface area contributed by atoms with Crippen molar-refractivity contribution in [3.8, 4) is 0 Å². The monoisotopic (exact) mass is 236 g/mol. The minimum absolute atomic E-state index is 0.185. The Morgan fingerprint density at radius 2 is 1.82 bits per heavy atom.